The number of alkyl halides is 3. The van der Waals surface area contributed by atoms with Gasteiger partial charge in [-0.15, -0.1) is 0 Å². The molecule has 0 radical (unpaired) electrons. The molecule has 0 fully saturated rings. The maximum absolute atomic E-state index is 12.6. The van der Waals surface area contributed by atoms with Crippen LogP contribution in [0, 0.1) is 0 Å². The van der Waals surface area contributed by atoms with Crippen molar-refractivity contribution >= 4 is 11.5 Å². The lowest BCUT2D eigenvalue weighted by molar-refractivity contribution is -0.0793. The van der Waals surface area contributed by atoms with Gasteiger partial charge in [-0.1, -0.05) is 59.8 Å². The van der Waals surface area contributed by atoms with Crippen molar-refractivity contribution in [3.05, 3.63) is 77.4 Å². The van der Waals surface area contributed by atoms with Crippen molar-refractivity contribution in [3.63, 3.8) is 0 Å². The van der Waals surface area contributed by atoms with Crippen molar-refractivity contribution in [3.8, 4) is 0 Å². The Morgan fingerprint density at radius 1 is 1.04 bits per heavy atom. The molecule has 6 heteroatoms. The lowest BCUT2D eigenvalue weighted by Gasteiger charge is -2.13. The first-order valence-corrected chi connectivity index (χ1v) is 8.49. The number of oxime groups is 1. The van der Waals surface area contributed by atoms with Crippen LogP contribution in [0.2, 0.25) is 0 Å². The molecule has 0 aliphatic carbocycles. The van der Waals surface area contributed by atoms with Crippen molar-refractivity contribution in [2.75, 3.05) is 0 Å². The smallest absolute Gasteiger partial charge is 0.410 e. The number of allylic oxidation sites excluding steroid dienone is 2. The van der Waals surface area contributed by atoms with Gasteiger partial charge in [0.25, 0.3) is 0 Å². The summed E-state index contributed by atoms with van der Waals surface area (Å²) >= 11 is 0. The number of ether oxygens (including phenoxy) is 1. The van der Waals surface area contributed by atoms with Crippen molar-refractivity contribution < 1.29 is 22.7 Å². The highest BCUT2D eigenvalue weighted by molar-refractivity contribution is 5.73. The lowest BCUT2D eigenvalue weighted by Crippen LogP contribution is -2.06. The molecule has 144 valence electrons. The third kappa shape index (κ3) is 6.81. The number of hydrogen-bond acceptors (Lipinski definition) is 3. The van der Waals surface area contributed by atoms with Gasteiger partial charge < -0.3 is 9.57 Å². The number of rotatable bonds is 6. The van der Waals surface area contributed by atoms with Gasteiger partial charge in [-0.3, -0.25) is 0 Å². The summed E-state index contributed by atoms with van der Waals surface area (Å²) in [6.45, 7) is 5.03. The first-order valence-electron chi connectivity index (χ1n) is 8.49. The molecule has 0 heterocycles. The van der Waals surface area contributed by atoms with E-state index in [-0.39, 0.29) is 24.4 Å². The van der Waals surface area contributed by atoms with Crippen LogP contribution >= 0.6 is 0 Å². The Kier molecular flexibility index (Phi) is 7.05. The molecular formula is C21H22F3NO2. The van der Waals surface area contributed by atoms with E-state index in [1.807, 2.05) is 37.3 Å². The molecule has 0 N–H and O–H groups in total. The molecule has 0 saturated heterocycles. The summed E-state index contributed by atoms with van der Waals surface area (Å²) in [6, 6.07) is 16.4. The molecule has 0 spiro atoms. The Morgan fingerprint density at radius 2 is 1.67 bits per heavy atom. The maximum atomic E-state index is 12.6. The summed E-state index contributed by atoms with van der Waals surface area (Å²) in [7, 11) is 0. The summed E-state index contributed by atoms with van der Waals surface area (Å²) in [5, 5.41) is 3.95. The van der Waals surface area contributed by atoms with E-state index in [0.29, 0.717) is 17.0 Å². The minimum atomic E-state index is -4.36. The van der Waals surface area contributed by atoms with Gasteiger partial charge in [0, 0.05) is 13.0 Å². The van der Waals surface area contributed by atoms with E-state index in [1.54, 1.807) is 31.2 Å². The van der Waals surface area contributed by atoms with Crippen LogP contribution in [0.15, 0.2) is 65.8 Å². The van der Waals surface area contributed by atoms with E-state index in [0.717, 1.165) is 5.56 Å². The van der Waals surface area contributed by atoms with E-state index < -0.39 is 6.18 Å². The third-order valence-electron chi connectivity index (χ3n) is 3.87. The Bertz CT molecular complexity index is 799. The molecular weight excluding hydrogens is 355 g/mol. The van der Waals surface area contributed by atoms with Crippen LogP contribution in [0.5, 0.6) is 0 Å². The van der Waals surface area contributed by atoms with Crippen molar-refractivity contribution in [1.82, 2.24) is 0 Å². The minimum absolute atomic E-state index is 0.0949. The standard InChI is InChI=1S/C21H22F3NO2/c1-15(13-21(22,23)24)20-12-8-7-11-19(20)14-26-17(3)25-27-16(2)18-9-5-4-6-10-18/h4-13,16H,14H2,1-3H3/b15-13+,25-17+. The Hall–Kier alpha value is -2.76. The molecule has 0 aliphatic heterocycles. The summed E-state index contributed by atoms with van der Waals surface area (Å²) in [4.78, 5) is 5.42. The van der Waals surface area contributed by atoms with E-state index in [2.05, 4.69) is 5.16 Å². The molecule has 1 unspecified atom stereocenters. The maximum Gasteiger partial charge on any atom is 0.410 e. The van der Waals surface area contributed by atoms with Crippen LogP contribution in [0.25, 0.3) is 5.57 Å². The van der Waals surface area contributed by atoms with Crippen LogP contribution < -0.4 is 0 Å². The topological polar surface area (TPSA) is 30.8 Å². The van der Waals surface area contributed by atoms with E-state index in [1.165, 1.54) is 6.92 Å². The number of nitrogens with zero attached hydrogens (tertiary/aromatic N) is 1. The minimum Gasteiger partial charge on any atom is -0.474 e. The summed E-state index contributed by atoms with van der Waals surface area (Å²) < 4.78 is 43.4. The quantitative estimate of drug-likeness (QED) is 0.337. The highest BCUT2D eigenvalue weighted by Gasteiger charge is 2.24. The van der Waals surface area contributed by atoms with Crippen LogP contribution in [0.4, 0.5) is 13.2 Å². The first-order chi connectivity index (χ1) is 12.8. The molecule has 0 saturated carbocycles. The predicted molar refractivity (Wildman–Crippen MR) is 100.0 cm³/mol. The average molecular weight is 377 g/mol. The van der Waals surface area contributed by atoms with Crippen molar-refractivity contribution in [2.45, 2.75) is 39.7 Å². The zero-order valence-electron chi connectivity index (χ0n) is 15.5. The Balaban J connectivity index is 2.01. The second-order valence-electron chi connectivity index (χ2n) is 6.08. The van der Waals surface area contributed by atoms with Crippen molar-refractivity contribution in [1.29, 1.82) is 0 Å². The second kappa shape index (κ2) is 9.26. The molecule has 2 aromatic rings. The van der Waals surface area contributed by atoms with Gasteiger partial charge in [0.1, 0.15) is 12.7 Å². The summed E-state index contributed by atoms with van der Waals surface area (Å²) in [5.74, 6) is 0.296. The van der Waals surface area contributed by atoms with Crippen LogP contribution in [-0.4, -0.2) is 12.1 Å². The van der Waals surface area contributed by atoms with Crippen molar-refractivity contribution in [2.24, 2.45) is 5.16 Å². The molecule has 0 aromatic heterocycles. The average Bonchev–Trinajstić information content (AvgIpc) is 2.64. The van der Waals surface area contributed by atoms with E-state index in [4.69, 9.17) is 9.57 Å². The summed E-state index contributed by atoms with van der Waals surface area (Å²) in [6.07, 6.45) is -4.32. The van der Waals surface area contributed by atoms with Crippen LogP contribution in [-0.2, 0) is 16.2 Å². The van der Waals surface area contributed by atoms with Gasteiger partial charge in [0.15, 0.2) is 0 Å². The predicted octanol–water partition coefficient (Wildman–Crippen LogP) is 6.28. The van der Waals surface area contributed by atoms with E-state index in [9.17, 15) is 13.2 Å². The normalized spacial score (nSPS) is 14.0. The number of benzene rings is 2. The number of hydrogen-bond donors (Lipinski definition) is 0. The van der Waals surface area contributed by atoms with Crippen LogP contribution in [0.3, 0.4) is 0 Å². The second-order valence-corrected chi connectivity index (χ2v) is 6.08. The molecule has 0 aliphatic rings. The summed E-state index contributed by atoms with van der Waals surface area (Å²) in [5.41, 5.74) is 2.24. The Morgan fingerprint density at radius 3 is 2.33 bits per heavy atom. The fourth-order valence-corrected chi connectivity index (χ4v) is 2.50. The molecule has 0 amide bonds. The molecule has 0 bridgehead atoms. The molecule has 3 nitrogen and oxygen atoms in total. The van der Waals surface area contributed by atoms with Gasteiger partial charge in [-0.05, 0) is 36.1 Å². The van der Waals surface area contributed by atoms with Gasteiger partial charge in [-0.25, -0.2) is 0 Å². The molecule has 1 atom stereocenters. The highest BCUT2D eigenvalue weighted by Crippen LogP contribution is 2.26. The fraction of sp³-hybridized carbons (Fsp3) is 0.286. The largest absolute Gasteiger partial charge is 0.474 e. The monoisotopic (exact) mass is 377 g/mol. The number of halogens is 3. The zero-order valence-corrected chi connectivity index (χ0v) is 15.5. The molecule has 2 rings (SSSR count). The van der Waals surface area contributed by atoms with Gasteiger partial charge in [-0.2, -0.15) is 13.2 Å². The van der Waals surface area contributed by atoms with E-state index >= 15 is 0 Å². The highest BCUT2D eigenvalue weighted by atomic mass is 19.4. The SMILES string of the molecule is C/C(=C\C(F)(F)F)c1ccccc1CO/C(C)=N/OC(C)c1ccccc1. The first kappa shape index (κ1) is 20.6. The van der Waals surface area contributed by atoms with Gasteiger partial charge >= 0.3 is 6.18 Å². The fourth-order valence-electron chi connectivity index (χ4n) is 2.50. The van der Waals surface area contributed by atoms with Crippen LogP contribution in [0.1, 0.15) is 43.6 Å². The molecule has 27 heavy (non-hydrogen) atoms. The lowest BCUT2D eigenvalue weighted by atomic mass is 10.0. The third-order valence-corrected chi connectivity index (χ3v) is 3.87. The zero-order chi connectivity index (χ0) is 19.9. The molecule has 2 aromatic carbocycles. The van der Waals surface area contributed by atoms with Gasteiger partial charge in [0.2, 0.25) is 5.90 Å². The Labute approximate surface area is 157 Å². The van der Waals surface area contributed by atoms with Gasteiger partial charge in [0.05, 0.1) is 0 Å².